The number of nitrogens with one attached hydrogen (secondary N) is 4. The van der Waals surface area contributed by atoms with Gasteiger partial charge in [0.05, 0.1) is 19.8 Å². The number of guanidine groups is 1. The van der Waals surface area contributed by atoms with Crippen molar-refractivity contribution in [3.05, 3.63) is 21.9 Å². The van der Waals surface area contributed by atoms with Gasteiger partial charge >= 0.3 is 42.7 Å². The van der Waals surface area contributed by atoms with Crippen LogP contribution in [0.3, 0.4) is 0 Å². The van der Waals surface area contributed by atoms with E-state index >= 15 is 0 Å². The first-order chi connectivity index (χ1) is 32.7. The molecule has 0 saturated heterocycles. The molecule has 0 bridgehead atoms. The maximum absolute atomic E-state index is 13.8. The number of nitrogens with zero attached hydrogens (tertiary/aromatic N) is 4. The van der Waals surface area contributed by atoms with Gasteiger partial charge in [0.25, 0.3) is 0 Å². The molecule has 0 aromatic carbocycles. The minimum atomic E-state index is -1.50. The van der Waals surface area contributed by atoms with Gasteiger partial charge in [0.1, 0.15) is 45.3 Å². The fraction of sp³-hybridized carbons (Fsp3) is 0.708. The lowest BCUT2D eigenvalue weighted by Crippen LogP contribution is -2.52. The highest BCUT2D eigenvalue weighted by atomic mass is 32.1. The lowest BCUT2D eigenvalue weighted by Gasteiger charge is -2.32. The van der Waals surface area contributed by atoms with Crippen molar-refractivity contribution in [2.45, 2.75) is 196 Å². The predicted octanol–water partition coefficient (Wildman–Crippen LogP) is 10.3. The summed E-state index contributed by atoms with van der Waals surface area (Å²) in [5.41, 5.74) is -5.33. The molecule has 0 spiro atoms. The summed E-state index contributed by atoms with van der Waals surface area (Å²) in [5, 5.41) is 27.9. The minimum absolute atomic E-state index is 0.0189. The molecule has 7 amide bonds. The monoisotopic (exact) mass is 1040 g/mol. The van der Waals surface area contributed by atoms with E-state index in [2.05, 4.69) is 25.9 Å². The lowest BCUT2D eigenvalue weighted by atomic mass is 10.0. The summed E-state index contributed by atoms with van der Waals surface area (Å²) in [7, 11) is 0. The summed E-state index contributed by atoms with van der Waals surface area (Å²) in [6.45, 7) is 27.5. The Morgan fingerprint density at radius 2 is 1.11 bits per heavy atom. The van der Waals surface area contributed by atoms with E-state index in [1.54, 1.807) is 129 Å². The zero-order chi connectivity index (χ0) is 55.5. The third kappa shape index (κ3) is 30.0. The van der Waals surface area contributed by atoms with Crippen LogP contribution in [0.4, 0.5) is 33.6 Å². The second kappa shape index (κ2) is 27.7. The van der Waals surface area contributed by atoms with Crippen molar-refractivity contribution in [1.82, 2.24) is 25.8 Å². The van der Waals surface area contributed by atoms with E-state index in [0.29, 0.717) is 36.1 Å². The van der Waals surface area contributed by atoms with Gasteiger partial charge in [-0.05, 0) is 137 Å². The van der Waals surface area contributed by atoms with Crippen LogP contribution < -0.4 is 16.0 Å². The van der Waals surface area contributed by atoms with Crippen molar-refractivity contribution < 1.29 is 71.8 Å². The fourth-order valence-corrected chi connectivity index (χ4v) is 6.48. The van der Waals surface area contributed by atoms with Gasteiger partial charge in [-0.2, -0.15) is 4.99 Å². The van der Waals surface area contributed by atoms with Crippen molar-refractivity contribution in [3.63, 3.8) is 0 Å². The zero-order valence-electron chi connectivity index (χ0n) is 45.3. The molecule has 5 N–H and O–H groups in total. The van der Waals surface area contributed by atoms with Gasteiger partial charge in [-0.15, -0.1) is 16.3 Å². The molecular formula is C48H80N8O15S. The number of carboxylic acid groups (broad SMARTS) is 1. The van der Waals surface area contributed by atoms with Crippen LogP contribution >= 0.6 is 11.3 Å². The normalized spacial score (nSPS) is 12.7. The molecule has 1 rings (SSSR count). The van der Waals surface area contributed by atoms with E-state index in [0.717, 1.165) is 9.80 Å². The quantitative estimate of drug-likeness (QED) is 0.0419. The Morgan fingerprint density at radius 1 is 0.611 bits per heavy atom. The SMILES string of the molecule is CC(C)(C)OC(=O)/N=C(\CC(C)(C)OC(=O)NCCCCCCCN(C(=O)O)/C(=N\C(=O)OC(C)(C)C)N(CCOCc1cc(C(=N)NC(=O)OC(C)(C)C)cs1)C(=O)OC(C)(C)C)NC(=O)OC(C)(C)C. The van der Waals surface area contributed by atoms with Crippen molar-refractivity contribution in [2.75, 3.05) is 26.2 Å². The van der Waals surface area contributed by atoms with Crippen LogP contribution in [0.5, 0.6) is 0 Å². The predicted molar refractivity (Wildman–Crippen MR) is 271 cm³/mol. The molecule has 0 aliphatic rings. The number of carbonyl (C=O) groups is 7. The average Bonchev–Trinajstić information content (AvgIpc) is 3.61. The molecule has 1 aromatic heterocycles. The number of hydrogen-bond donors (Lipinski definition) is 5. The summed E-state index contributed by atoms with van der Waals surface area (Å²) in [6, 6.07) is 1.64. The first-order valence-corrected chi connectivity index (χ1v) is 24.5. The van der Waals surface area contributed by atoms with Gasteiger partial charge in [-0.25, -0.2) is 43.4 Å². The molecule has 0 fully saturated rings. The van der Waals surface area contributed by atoms with Crippen molar-refractivity contribution in [1.29, 1.82) is 5.41 Å². The summed E-state index contributed by atoms with van der Waals surface area (Å²) in [5.74, 6) is -0.863. The van der Waals surface area contributed by atoms with Crippen LogP contribution in [0, 0.1) is 5.41 Å². The van der Waals surface area contributed by atoms with Crippen LogP contribution in [0.2, 0.25) is 0 Å². The minimum Gasteiger partial charge on any atom is -0.465 e. The van der Waals surface area contributed by atoms with Crippen LogP contribution in [-0.4, -0.2) is 135 Å². The molecule has 23 nitrogen and oxygen atoms in total. The second-order valence-corrected chi connectivity index (χ2v) is 23.0. The number of unbranched alkanes of at least 4 members (excludes halogenated alkanes) is 4. The van der Waals surface area contributed by atoms with Crippen LogP contribution in [-0.2, 0) is 39.8 Å². The van der Waals surface area contributed by atoms with E-state index < -0.39 is 82.2 Å². The summed E-state index contributed by atoms with van der Waals surface area (Å²) in [4.78, 5) is 100. The lowest BCUT2D eigenvalue weighted by molar-refractivity contribution is 0.0279. The third-order valence-corrected chi connectivity index (χ3v) is 9.15. The molecule has 0 aliphatic heterocycles. The molecule has 72 heavy (non-hydrogen) atoms. The Balaban J connectivity index is 3.04. The first kappa shape index (κ1) is 64.0. The number of ether oxygens (including phenoxy) is 7. The standard InChI is InChI=1S/C48H80N8O15S/c1-43(2,3)66-37(58)51-33(52-38(59)67-44(4,5)6)28-48(16,17)70-36(57)50-23-21-19-18-20-22-24-55(41(62)63)35(54-40(61)69-46(10,11)12)56(42(64)71-47(13,14)15)25-26-65-29-32-27-31(30-72-32)34(49)53-39(60)68-45(7,8)9/h27,30H,18-26,28-29H2,1-17H3,(H,50,57)(H,62,63)(H2,49,53,60)(H,51,52,58,59)/b54-35+. The van der Waals surface area contributed by atoms with Crippen molar-refractivity contribution in [2.24, 2.45) is 9.98 Å². The molecule has 0 unspecified atom stereocenters. The van der Waals surface area contributed by atoms with Gasteiger partial charge in [-0.1, -0.05) is 19.3 Å². The Labute approximate surface area is 427 Å². The number of carbonyl (C=O) groups excluding carboxylic acids is 6. The molecule has 1 aromatic rings. The second-order valence-electron chi connectivity index (χ2n) is 22.0. The Bertz CT molecular complexity index is 2090. The maximum atomic E-state index is 13.8. The highest BCUT2D eigenvalue weighted by molar-refractivity contribution is 7.10. The Morgan fingerprint density at radius 3 is 1.64 bits per heavy atom. The maximum Gasteiger partial charge on any atom is 0.437 e. The number of thiophene rings is 1. The summed E-state index contributed by atoms with van der Waals surface area (Å²) < 4.78 is 38.3. The average molecular weight is 1040 g/mol. The first-order valence-electron chi connectivity index (χ1n) is 23.6. The van der Waals surface area contributed by atoms with Gasteiger partial charge in [0.15, 0.2) is 0 Å². The third-order valence-electron chi connectivity index (χ3n) is 8.24. The van der Waals surface area contributed by atoms with E-state index in [9.17, 15) is 38.7 Å². The van der Waals surface area contributed by atoms with Gasteiger partial charge in [-0.3, -0.25) is 16.0 Å². The van der Waals surface area contributed by atoms with Crippen molar-refractivity contribution in [3.8, 4) is 0 Å². The zero-order valence-corrected chi connectivity index (χ0v) is 46.1. The molecule has 0 aliphatic carbocycles. The molecule has 24 heteroatoms. The molecule has 0 radical (unpaired) electrons. The fourth-order valence-electron chi connectivity index (χ4n) is 5.67. The number of amides is 7. The molecule has 0 saturated carbocycles. The van der Waals surface area contributed by atoms with Crippen molar-refractivity contribution >= 4 is 71.6 Å². The number of aliphatic imine (C=N–C) groups is 2. The van der Waals surface area contributed by atoms with E-state index in [4.69, 9.17) is 38.6 Å². The van der Waals surface area contributed by atoms with Crippen LogP contribution in [0.15, 0.2) is 21.4 Å². The van der Waals surface area contributed by atoms with Crippen LogP contribution in [0.1, 0.15) is 167 Å². The molecule has 0 atom stereocenters. The summed E-state index contributed by atoms with van der Waals surface area (Å²) in [6.07, 6.45) is -4.63. The van der Waals surface area contributed by atoms with Gasteiger partial charge in [0.2, 0.25) is 5.96 Å². The largest absolute Gasteiger partial charge is 0.465 e. The van der Waals surface area contributed by atoms with E-state index in [-0.39, 0.29) is 57.4 Å². The molecule has 408 valence electrons. The molecule has 1 heterocycles. The Kier molecular flexibility index (Phi) is 24.6. The van der Waals surface area contributed by atoms with Gasteiger partial charge < -0.3 is 43.6 Å². The highest BCUT2D eigenvalue weighted by Gasteiger charge is 2.34. The van der Waals surface area contributed by atoms with E-state index in [1.165, 1.54) is 11.3 Å². The number of amidine groups is 2. The topological polar surface area (TPSA) is 295 Å². The number of hydrogen-bond acceptors (Lipinski definition) is 16. The number of alkyl carbamates (subject to hydrolysis) is 3. The Hall–Kier alpha value is -6.04. The summed E-state index contributed by atoms with van der Waals surface area (Å²) >= 11 is 1.26. The molecular weight excluding hydrogens is 961 g/mol. The highest BCUT2D eigenvalue weighted by Crippen LogP contribution is 2.20. The smallest absolute Gasteiger partial charge is 0.437 e. The van der Waals surface area contributed by atoms with E-state index in [1.807, 2.05) is 0 Å². The van der Waals surface area contributed by atoms with Gasteiger partial charge in [0, 0.05) is 35.3 Å². The number of rotatable bonds is 17. The van der Waals surface area contributed by atoms with Crippen LogP contribution in [0.25, 0.3) is 0 Å².